The summed E-state index contributed by atoms with van der Waals surface area (Å²) >= 11 is 0. The molecular weight excluding hydrogens is 408 g/mol. The summed E-state index contributed by atoms with van der Waals surface area (Å²) in [6, 6.07) is -0.937. The van der Waals surface area contributed by atoms with Gasteiger partial charge in [-0.1, -0.05) is 38.7 Å². The number of likely N-dealkylation sites (tertiary alicyclic amines) is 1. The minimum atomic E-state index is -0.937. The Morgan fingerprint density at radius 2 is 1.56 bits per heavy atom. The molecule has 2 atom stereocenters. The molecule has 1 unspecified atom stereocenters. The van der Waals surface area contributed by atoms with Gasteiger partial charge >= 0.3 is 0 Å². The fourth-order valence-electron chi connectivity index (χ4n) is 5.20. The Hall–Kier alpha value is -2.09. The first kappa shape index (κ1) is 24.6. The number of carbonyl (C=O) groups is 3. The molecule has 2 saturated heterocycles. The molecule has 3 aliphatic rings. The van der Waals surface area contributed by atoms with E-state index in [-0.39, 0.29) is 18.2 Å². The molecule has 0 spiro atoms. The summed E-state index contributed by atoms with van der Waals surface area (Å²) < 4.78 is 5.35. The van der Waals surface area contributed by atoms with Gasteiger partial charge in [0.25, 0.3) is 0 Å². The Balaban J connectivity index is 1.67. The van der Waals surface area contributed by atoms with Crippen molar-refractivity contribution < 1.29 is 19.1 Å². The number of nitrogens with one attached hydrogen (secondary N) is 1. The van der Waals surface area contributed by atoms with Crippen molar-refractivity contribution in [3.05, 3.63) is 12.3 Å². The first-order valence-corrected chi connectivity index (χ1v) is 12.3. The predicted molar refractivity (Wildman–Crippen MR) is 122 cm³/mol. The lowest BCUT2D eigenvalue weighted by Crippen LogP contribution is -2.52. The van der Waals surface area contributed by atoms with E-state index in [9.17, 15) is 14.4 Å². The van der Waals surface area contributed by atoms with E-state index in [1.165, 1.54) is 19.3 Å². The van der Waals surface area contributed by atoms with E-state index in [2.05, 4.69) is 11.9 Å². The number of hydrogen-bond acceptors (Lipinski definition) is 5. The molecule has 0 bridgehead atoms. The SMILES string of the molecule is C=C([C@H](NC(=O)C(CC(=O)N1CCOCC1)CC1CCCCC1)C(N)=O)N1CCCCC1. The van der Waals surface area contributed by atoms with Gasteiger partial charge in [-0.05, 0) is 31.6 Å². The van der Waals surface area contributed by atoms with Gasteiger partial charge in [0.05, 0.1) is 13.2 Å². The number of ether oxygens (including phenoxy) is 1. The minimum absolute atomic E-state index is 0.0188. The third-order valence-electron chi connectivity index (χ3n) is 7.16. The van der Waals surface area contributed by atoms with Gasteiger partial charge in [0.2, 0.25) is 17.7 Å². The lowest BCUT2D eigenvalue weighted by Gasteiger charge is -2.34. The molecule has 3 fully saturated rings. The molecule has 3 amide bonds. The summed E-state index contributed by atoms with van der Waals surface area (Å²) in [6.07, 6.45) is 9.83. The topological polar surface area (TPSA) is 105 Å². The third kappa shape index (κ3) is 6.95. The van der Waals surface area contributed by atoms with Gasteiger partial charge in [-0.25, -0.2) is 0 Å². The molecule has 8 heteroatoms. The second-order valence-corrected chi connectivity index (χ2v) is 9.52. The molecule has 2 aliphatic heterocycles. The molecule has 2 heterocycles. The molecule has 0 radical (unpaired) electrons. The highest BCUT2D eigenvalue weighted by Gasteiger charge is 2.33. The van der Waals surface area contributed by atoms with E-state index >= 15 is 0 Å². The number of morpholine rings is 1. The van der Waals surface area contributed by atoms with Crippen LogP contribution < -0.4 is 11.1 Å². The molecule has 8 nitrogen and oxygen atoms in total. The molecule has 3 N–H and O–H groups in total. The van der Waals surface area contributed by atoms with E-state index in [4.69, 9.17) is 10.5 Å². The Kier molecular flexibility index (Phi) is 9.38. The van der Waals surface area contributed by atoms with Crippen LogP contribution in [-0.2, 0) is 19.1 Å². The minimum Gasteiger partial charge on any atom is -0.378 e. The highest BCUT2D eigenvalue weighted by atomic mass is 16.5. The molecular formula is C24H40N4O4. The van der Waals surface area contributed by atoms with Crippen molar-refractivity contribution >= 4 is 17.7 Å². The summed E-state index contributed by atoms with van der Waals surface area (Å²) in [5.41, 5.74) is 6.22. The van der Waals surface area contributed by atoms with Crippen LogP contribution in [0.5, 0.6) is 0 Å². The first-order chi connectivity index (χ1) is 15.5. The Morgan fingerprint density at radius 3 is 2.19 bits per heavy atom. The fraction of sp³-hybridized carbons (Fsp3) is 0.792. The van der Waals surface area contributed by atoms with Crippen LogP contribution in [0, 0.1) is 11.8 Å². The number of piperidine rings is 1. The highest BCUT2D eigenvalue weighted by Crippen LogP contribution is 2.31. The second kappa shape index (κ2) is 12.2. The van der Waals surface area contributed by atoms with Gasteiger partial charge in [-0.3, -0.25) is 14.4 Å². The molecule has 1 saturated carbocycles. The summed E-state index contributed by atoms with van der Waals surface area (Å²) in [7, 11) is 0. The quantitative estimate of drug-likeness (QED) is 0.560. The molecule has 0 aromatic rings. The van der Waals surface area contributed by atoms with Gasteiger partial charge in [-0.15, -0.1) is 0 Å². The molecule has 180 valence electrons. The molecule has 0 aromatic heterocycles. The first-order valence-electron chi connectivity index (χ1n) is 12.3. The fourth-order valence-corrected chi connectivity index (χ4v) is 5.20. The average molecular weight is 449 g/mol. The molecule has 3 rings (SSSR count). The van der Waals surface area contributed by atoms with Crippen LogP contribution in [0.2, 0.25) is 0 Å². The maximum absolute atomic E-state index is 13.4. The zero-order valence-corrected chi connectivity index (χ0v) is 19.4. The van der Waals surface area contributed by atoms with E-state index in [1.807, 2.05) is 4.90 Å². The van der Waals surface area contributed by atoms with Crippen molar-refractivity contribution in [2.45, 2.75) is 70.3 Å². The largest absolute Gasteiger partial charge is 0.378 e. The van der Waals surface area contributed by atoms with Crippen LogP contribution in [0.4, 0.5) is 0 Å². The predicted octanol–water partition coefficient (Wildman–Crippen LogP) is 1.79. The number of amides is 3. The maximum atomic E-state index is 13.4. The smallest absolute Gasteiger partial charge is 0.246 e. The maximum Gasteiger partial charge on any atom is 0.246 e. The number of hydrogen-bond donors (Lipinski definition) is 2. The lowest BCUT2D eigenvalue weighted by molar-refractivity contribution is -0.140. The average Bonchev–Trinajstić information content (AvgIpc) is 2.83. The van der Waals surface area contributed by atoms with Gasteiger partial charge in [0.1, 0.15) is 6.04 Å². The number of nitrogens with two attached hydrogens (primary N) is 1. The van der Waals surface area contributed by atoms with Crippen molar-refractivity contribution in [2.24, 2.45) is 17.6 Å². The van der Waals surface area contributed by atoms with Crippen molar-refractivity contribution in [1.82, 2.24) is 15.1 Å². The summed E-state index contributed by atoms with van der Waals surface area (Å²) in [5, 5.41) is 2.86. The Labute approximate surface area is 191 Å². The van der Waals surface area contributed by atoms with Gasteiger partial charge < -0.3 is 25.6 Å². The summed E-state index contributed by atoms with van der Waals surface area (Å²) in [5.74, 6) is -0.919. The van der Waals surface area contributed by atoms with Crippen LogP contribution in [0.1, 0.15) is 64.2 Å². The third-order valence-corrected chi connectivity index (χ3v) is 7.16. The molecule has 0 aromatic carbocycles. The van der Waals surface area contributed by atoms with Crippen LogP contribution in [-0.4, -0.2) is 73.0 Å². The van der Waals surface area contributed by atoms with E-state index in [0.29, 0.717) is 44.3 Å². The number of rotatable bonds is 9. The van der Waals surface area contributed by atoms with Crippen LogP contribution in [0.25, 0.3) is 0 Å². The lowest BCUT2D eigenvalue weighted by atomic mass is 9.81. The summed E-state index contributed by atoms with van der Waals surface area (Å²) in [4.78, 5) is 42.4. The van der Waals surface area contributed by atoms with Crippen LogP contribution in [0.3, 0.4) is 0 Å². The van der Waals surface area contributed by atoms with Crippen molar-refractivity contribution in [2.75, 3.05) is 39.4 Å². The van der Waals surface area contributed by atoms with Crippen molar-refractivity contribution in [1.29, 1.82) is 0 Å². The molecule has 1 aliphatic carbocycles. The Bertz CT molecular complexity index is 665. The van der Waals surface area contributed by atoms with E-state index < -0.39 is 17.9 Å². The van der Waals surface area contributed by atoms with E-state index in [0.717, 1.165) is 45.2 Å². The second-order valence-electron chi connectivity index (χ2n) is 9.52. The Morgan fingerprint density at radius 1 is 0.938 bits per heavy atom. The van der Waals surface area contributed by atoms with Gasteiger partial charge in [0, 0.05) is 44.2 Å². The standard InChI is InChI=1S/C24H40N4O4/c1-18(27-10-6-3-7-11-27)22(23(25)30)26-24(31)20(16-19-8-4-2-5-9-19)17-21(29)28-12-14-32-15-13-28/h19-20,22H,1-17H2,(H2,25,30)(H,26,31)/t20?,22-/m0/s1. The summed E-state index contributed by atoms with van der Waals surface area (Å²) in [6.45, 7) is 7.91. The normalized spacial score (nSPS) is 22.1. The van der Waals surface area contributed by atoms with Crippen LogP contribution >= 0.6 is 0 Å². The zero-order valence-electron chi connectivity index (χ0n) is 19.4. The van der Waals surface area contributed by atoms with Gasteiger partial charge in [-0.2, -0.15) is 0 Å². The number of carbonyl (C=O) groups excluding carboxylic acids is 3. The monoisotopic (exact) mass is 448 g/mol. The number of primary amides is 1. The number of nitrogens with zero attached hydrogens (tertiary/aromatic N) is 2. The van der Waals surface area contributed by atoms with Crippen molar-refractivity contribution in [3.63, 3.8) is 0 Å². The van der Waals surface area contributed by atoms with Crippen molar-refractivity contribution in [3.8, 4) is 0 Å². The van der Waals surface area contributed by atoms with E-state index in [1.54, 1.807) is 4.90 Å². The van der Waals surface area contributed by atoms with Crippen LogP contribution in [0.15, 0.2) is 12.3 Å². The molecule has 32 heavy (non-hydrogen) atoms. The van der Waals surface area contributed by atoms with Gasteiger partial charge in [0.15, 0.2) is 0 Å². The zero-order chi connectivity index (χ0) is 22.9. The highest BCUT2D eigenvalue weighted by molar-refractivity contribution is 5.91.